The number of nitrogens with one attached hydrogen (secondary N) is 3. The maximum atomic E-state index is 13.9. The van der Waals surface area contributed by atoms with Crippen molar-refractivity contribution in [2.24, 2.45) is 0 Å². The number of aryl methyl sites for hydroxylation is 1. The molecule has 4 heteroatoms. The summed E-state index contributed by atoms with van der Waals surface area (Å²) in [5, 5.41) is 16.0. The lowest BCUT2D eigenvalue weighted by atomic mass is 10.1. The van der Waals surface area contributed by atoms with Crippen LogP contribution >= 0.6 is 0 Å². The fourth-order valence-electron chi connectivity index (χ4n) is 2.52. The maximum absolute atomic E-state index is 13.9. The molecule has 0 spiro atoms. The average molecular weight is 307 g/mol. The van der Waals surface area contributed by atoms with E-state index in [1.54, 1.807) is 12.1 Å². The number of halogens is 1. The molecule has 116 valence electrons. The topological polar surface area (TPSA) is 47.9 Å². The molecule has 0 amide bonds. The van der Waals surface area contributed by atoms with Crippen LogP contribution in [0.25, 0.3) is 10.8 Å². The lowest BCUT2D eigenvalue weighted by molar-refractivity contribution is 0.631. The number of guanidine groups is 1. The molecule has 0 saturated heterocycles. The van der Waals surface area contributed by atoms with Gasteiger partial charge in [-0.05, 0) is 35.6 Å². The minimum atomic E-state index is -0.369. The van der Waals surface area contributed by atoms with E-state index in [0.29, 0.717) is 5.69 Å². The van der Waals surface area contributed by atoms with Gasteiger partial charge in [0.05, 0.1) is 5.69 Å². The number of benzene rings is 3. The van der Waals surface area contributed by atoms with E-state index < -0.39 is 0 Å². The minimum Gasteiger partial charge on any atom is -0.326 e. The predicted octanol–water partition coefficient (Wildman–Crippen LogP) is 5.00. The Bertz CT molecular complexity index is 853. The van der Waals surface area contributed by atoms with Gasteiger partial charge in [-0.1, -0.05) is 49.4 Å². The van der Waals surface area contributed by atoms with Crippen LogP contribution in [0.4, 0.5) is 15.8 Å². The fourth-order valence-corrected chi connectivity index (χ4v) is 2.52. The highest BCUT2D eigenvalue weighted by Crippen LogP contribution is 2.23. The third kappa shape index (κ3) is 3.31. The van der Waals surface area contributed by atoms with Crippen LogP contribution in [0.5, 0.6) is 0 Å². The number of fused-ring (bicyclic) bond motifs is 1. The summed E-state index contributed by atoms with van der Waals surface area (Å²) in [7, 11) is 0. The Balaban J connectivity index is 1.82. The van der Waals surface area contributed by atoms with Crippen molar-refractivity contribution < 1.29 is 4.39 Å². The van der Waals surface area contributed by atoms with Crippen LogP contribution in [0.3, 0.4) is 0 Å². The second-order valence-electron chi connectivity index (χ2n) is 5.32. The van der Waals surface area contributed by atoms with Gasteiger partial charge in [-0.3, -0.25) is 5.41 Å². The number of rotatable bonds is 3. The first-order valence-corrected chi connectivity index (χ1v) is 7.56. The predicted molar refractivity (Wildman–Crippen MR) is 94.7 cm³/mol. The van der Waals surface area contributed by atoms with Crippen LogP contribution in [-0.4, -0.2) is 5.96 Å². The van der Waals surface area contributed by atoms with Gasteiger partial charge in [0.15, 0.2) is 5.96 Å². The average Bonchev–Trinajstić information content (AvgIpc) is 2.57. The molecule has 0 aromatic heterocycles. The Hall–Kier alpha value is -2.88. The standard InChI is InChI=1S/C19H18FN3/c1-2-13-10-11-16(20)18(12-13)23-19(21)22-17-9-5-7-14-6-3-4-8-15(14)17/h3-12H,2H2,1H3,(H3,21,22,23). The Labute approximate surface area is 134 Å². The van der Waals surface area contributed by atoms with Crippen LogP contribution in [0.1, 0.15) is 12.5 Å². The summed E-state index contributed by atoms with van der Waals surface area (Å²) in [5.41, 5.74) is 2.14. The van der Waals surface area contributed by atoms with Gasteiger partial charge in [0.1, 0.15) is 5.82 Å². The fraction of sp³-hybridized carbons (Fsp3) is 0.105. The summed E-state index contributed by atoms with van der Waals surface area (Å²) in [4.78, 5) is 0. The van der Waals surface area contributed by atoms with E-state index in [4.69, 9.17) is 5.41 Å². The van der Waals surface area contributed by atoms with Crippen molar-refractivity contribution in [3.63, 3.8) is 0 Å². The smallest absolute Gasteiger partial charge is 0.197 e. The molecule has 0 aliphatic heterocycles. The Morgan fingerprint density at radius 1 is 0.957 bits per heavy atom. The highest BCUT2D eigenvalue weighted by molar-refractivity contribution is 6.07. The van der Waals surface area contributed by atoms with Crippen molar-refractivity contribution in [3.8, 4) is 0 Å². The highest BCUT2D eigenvalue weighted by atomic mass is 19.1. The van der Waals surface area contributed by atoms with E-state index in [1.165, 1.54) is 6.07 Å². The van der Waals surface area contributed by atoms with Gasteiger partial charge in [0.2, 0.25) is 0 Å². The molecule has 0 saturated carbocycles. The van der Waals surface area contributed by atoms with Gasteiger partial charge in [0, 0.05) is 11.1 Å². The van der Waals surface area contributed by atoms with E-state index in [0.717, 1.165) is 28.4 Å². The molecule has 23 heavy (non-hydrogen) atoms. The molecule has 0 atom stereocenters. The molecule has 3 nitrogen and oxygen atoms in total. The summed E-state index contributed by atoms with van der Waals surface area (Å²) in [6.07, 6.45) is 0.818. The molecule has 3 N–H and O–H groups in total. The quantitative estimate of drug-likeness (QED) is 0.471. The normalized spacial score (nSPS) is 10.5. The molecular weight excluding hydrogens is 289 g/mol. The number of anilines is 2. The minimum absolute atomic E-state index is 0.0357. The zero-order chi connectivity index (χ0) is 16.2. The summed E-state index contributed by atoms with van der Waals surface area (Å²) in [6, 6.07) is 18.7. The van der Waals surface area contributed by atoms with Gasteiger partial charge in [-0.25, -0.2) is 4.39 Å². The van der Waals surface area contributed by atoms with E-state index in [9.17, 15) is 4.39 Å². The Morgan fingerprint density at radius 2 is 1.70 bits per heavy atom. The van der Waals surface area contributed by atoms with Gasteiger partial charge in [-0.2, -0.15) is 0 Å². The van der Waals surface area contributed by atoms with Crippen molar-refractivity contribution in [2.45, 2.75) is 13.3 Å². The lowest BCUT2D eigenvalue weighted by Crippen LogP contribution is -2.21. The third-order valence-electron chi connectivity index (χ3n) is 3.75. The first kappa shape index (κ1) is 15.0. The second-order valence-corrected chi connectivity index (χ2v) is 5.32. The first-order chi connectivity index (χ1) is 11.2. The van der Waals surface area contributed by atoms with Gasteiger partial charge in [-0.15, -0.1) is 0 Å². The van der Waals surface area contributed by atoms with Crippen LogP contribution in [0, 0.1) is 11.2 Å². The SMILES string of the molecule is CCc1ccc(F)c(NC(=N)Nc2cccc3ccccc23)c1. The summed E-state index contributed by atoms with van der Waals surface area (Å²) in [6.45, 7) is 2.01. The van der Waals surface area contributed by atoms with Crippen LogP contribution in [0.15, 0.2) is 60.7 Å². The lowest BCUT2D eigenvalue weighted by Gasteiger charge is -2.13. The molecule has 0 aliphatic carbocycles. The van der Waals surface area contributed by atoms with Crippen molar-refractivity contribution in [3.05, 3.63) is 72.0 Å². The van der Waals surface area contributed by atoms with Crippen molar-refractivity contribution in [1.82, 2.24) is 0 Å². The molecule has 0 bridgehead atoms. The van der Waals surface area contributed by atoms with Gasteiger partial charge >= 0.3 is 0 Å². The Morgan fingerprint density at radius 3 is 2.52 bits per heavy atom. The van der Waals surface area contributed by atoms with Gasteiger partial charge < -0.3 is 10.6 Å². The zero-order valence-electron chi connectivity index (χ0n) is 12.9. The second kappa shape index (κ2) is 6.48. The van der Waals surface area contributed by atoms with Crippen LogP contribution in [0.2, 0.25) is 0 Å². The molecule has 0 heterocycles. The van der Waals surface area contributed by atoms with E-state index >= 15 is 0 Å². The molecule has 0 unspecified atom stereocenters. The molecule has 0 radical (unpaired) electrons. The van der Waals surface area contributed by atoms with Crippen molar-refractivity contribution >= 4 is 28.1 Å². The molecule has 3 aromatic rings. The van der Waals surface area contributed by atoms with Crippen molar-refractivity contribution in [2.75, 3.05) is 10.6 Å². The van der Waals surface area contributed by atoms with Gasteiger partial charge in [0.25, 0.3) is 0 Å². The van der Waals surface area contributed by atoms with E-state index in [-0.39, 0.29) is 11.8 Å². The Kier molecular flexibility index (Phi) is 4.24. The monoisotopic (exact) mass is 307 g/mol. The van der Waals surface area contributed by atoms with Crippen molar-refractivity contribution in [1.29, 1.82) is 5.41 Å². The number of hydrogen-bond donors (Lipinski definition) is 3. The first-order valence-electron chi connectivity index (χ1n) is 7.56. The zero-order valence-corrected chi connectivity index (χ0v) is 12.9. The van der Waals surface area contributed by atoms with Crippen LogP contribution < -0.4 is 10.6 Å². The molecule has 0 aliphatic rings. The molecule has 3 rings (SSSR count). The summed E-state index contributed by atoms with van der Waals surface area (Å²) >= 11 is 0. The maximum Gasteiger partial charge on any atom is 0.197 e. The number of hydrogen-bond acceptors (Lipinski definition) is 1. The third-order valence-corrected chi connectivity index (χ3v) is 3.75. The highest BCUT2D eigenvalue weighted by Gasteiger charge is 2.07. The van der Waals surface area contributed by atoms with E-state index in [2.05, 4.69) is 10.6 Å². The molecular formula is C19H18FN3. The molecule has 3 aromatic carbocycles. The summed E-state index contributed by atoms with van der Waals surface area (Å²) < 4.78 is 13.9. The van der Waals surface area contributed by atoms with Crippen LogP contribution in [-0.2, 0) is 6.42 Å². The molecule has 0 fully saturated rings. The summed E-state index contributed by atoms with van der Waals surface area (Å²) in [5.74, 6) is -0.333. The van der Waals surface area contributed by atoms with E-state index in [1.807, 2.05) is 49.4 Å². The largest absolute Gasteiger partial charge is 0.326 e.